The molecular formula is C21H20ClF3N4O3S2. The van der Waals surface area contributed by atoms with E-state index in [0.717, 1.165) is 35.5 Å². The minimum atomic E-state index is -4.58. The van der Waals surface area contributed by atoms with E-state index in [9.17, 15) is 26.4 Å². The number of nitrogens with zero attached hydrogens (tertiary/aromatic N) is 3. The third-order valence-electron chi connectivity index (χ3n) is 4.71. The van der Waals surface area contributed by atoms with Crippen LogP contribution in [0.5, 0.6) is 0 Å². The second-order valence-electron chi connectivity index (χ2n) is 7.24. The molecule has 7 nitrogen and oxygen atoms in total. The molecule has 0 saturated heterocycles. The third kappa shape index (κ3) is 6.30. The first-order valence-corrected chi connectivity index (χ1v) is 12.9. The van der Waals surface area contributed by atoms with Gasteiger partial charge in [0.25, 0.3) is 0 Å². The molecule has 0 radical (unpaired) electrons. The summed E-state index contributed by atoms with van der Waals surface area (Å²) in [4.78, 5) is 12.5. The Morgan fingerprint density at radius 1 is 1.15 bits per heavy atom. The summed E-state index contributed by atoms with van der Waals surface area (Å²) < 4.78 is 65.8. The Kier molecular flexibility index (Phi) is 7.94. The molecule has 0 spiro atoms. The van der Waals surface area contributed by atoms with Crippen molar-refractivity contribution >= 4 is 44.8 Å². The van der Waals surface area contributed by atoms with Crippen molar-refractivity contribution in [2.45, 2.75) is 42.4 Å². The van der Waals surface area contributed by atoms with Crippen molar-refractivity contribution in [1.82, 2.24) is 14.8 Å². The fraction of sp³-hybridized carbons (Fsp3) is 0.286. The number of aromatic nitrogens is 3. The summed E-state index contributed by atoms with van der Waals surface area (Å²) in [6.07, 6.45) is -4.58. The first kappa shape index (κ1) is 26.0. The molecule has 3 aromatic rings. The van der Waals surface area contributed by atoms with Crippen LogP contribution in [0, 0.1) is 6.92 Å². The summed E-state index contributed by atoms with van der Waals surface area (Å²) in [5, 5.41) is 10.6. The molecule has 0 aliphatic heterocycles. The second-order valence-corrected chi connectivity index (χ2v) is 10.6. The van der Waals surface area contributed by atoms with E-state index < -0.39 is 27.5 Å². The number of nitrogens with one attached hydrogen (secondary N) is 1. The molecule has 1 amide bonds. The lowest BCUT2D eigenvalue weighted by molar-refractivity contribution is -0.137. The Morgan fingerprint density at radius 3 is 2.44 bits per heavy atom. The smallest absolute Gasteiger partial charge is 0.324 e. The van der Waals surface area contributed by atoms with Gasteiger partial charge in [0.15, 0.2) is 15.0 Å². The van der Waals surface area contributed by atoms with Crippen LogP contribution >= 0.6 is 23.4 Å². The van der Waals surface area contributed by atoms with Crippen LogP contribution in [0.2, 0.25) is 5.02 Å². The van der Waals surface area contributed by atoms with Gasteiger partial charge in [-0.05, 0) is 44.2 Å². The van der Waals surface area contributed by atoms with E-state index in [4.69, 9.17) is 11.6 Å². The number of amides is 1. The van der Waals surface area contributed by atoms with Gasteiger partial charge in [-0.1, -0.05) is 41.1 Å². The lowest BCUT2D eigenvalue weighted by Gasteiger charge is -2.12. The minimum absolute atomic E-state index is 0.0355. The van der Waals surface area contributed by atoms with Gasteiger partial charge in [-0.3, -0.25) is 4.79 Å². The van der Waals surface area contributed by atoms with Crippen LogP contribution in [-0.2, 0) is 33.1 Å². The summed E-state index contributed by atoms with van der Waals surface area (Å²) in [5.74, 6) is -0.962. The van der Waals surface area contributed by atoms with Gasteiger partial charge in [0.1, 0.15) is 11.6 Å². The van der Waals surface area contributed by atoms with E-state index in [1.165, 1.54) is 12.1 Å². The normalized spacial score (nSPS) is 12.1. The quantitative estimate of drug-likeness (QED) is 0.411. The van der Waals surface area contributed by atoms with Crippen molar-refractivity contribution in [2.24, 2.45) is 0 Å². The average molecular weight is 533 g/mol. The SMILES string of the molecule is CCn1c(CS(=O)(=O)c2ccc(C)cc2)nnc1SCC(=O)Nc1cc(C(F)(F)F)ccc1Cl. The number of rotatable bonds is 8. The Balaban J connectivity index is 1.69. The van der Waals surface area contributed by atoms with Crippen molar-refractivity contribution in [1.29, 1.82) is 0 Å². The second kappa shape index (κ2) is 10.4. The van der Waals surface area contributed by atoms with Crippen molar-refractivity contribution in [3.05, 3.63) is 64.4 Å². The number of halogens is 4. The Hall–Kier alpha value is -2.57. The Labute approximate surface area is 203 Å². The number of hydrogen-bond donors (Lipinski definition) is 1. The van der Waals surface area contributed by atoms with Gasteiger partial charge in [-0.15, -0.1) is 10.2 Å². The standard InChI is InChI=1S/C21H20ClF3N4O3S2/c1-3-29-18(12-34(31,32)15-7-4-13(2)5-8-15)27-28-20(29)33-11-19(30)26-17-10-14(21(23,24)25)6-9-16(17)22/h4-10H,3,11-12H2,1-2H3,(H,26,30). The van der Waals surface area contributed by atoms with Crippen LogP contribution < -0.4 is 5.32 Å². The number of thioether (sulfide) groups is 1. The predicted molar refractivity (Wildman–Crippen MR) is 124 cm³/mol. The van der Waals surface area contributed by atoms with Gasteiger partial charge in [0.2, 0.25) is 5.91 Å². The topological polar surface area (TPSA) is 93.9 Å². The number of hydrogen-bond acceptors (Lipinski definition) is 6. The predicted octanol–water partition coefficient (Wildman–Crippen LogP) is 4.98. The first-order valence-electron chi connectivity index (χ1n) is 9.91. The lowest BCUT2D eigenvalue weighted by Crippen LogP contribution is -2.16. The highest BCUT2D eigenvalue weighted by molar-refractivity contribution is 7.99. The van der Waals surface area contributed by atoms with Crippen LogP contribution in [0.3, 0.4) is 0 Å². The third-order valence-corrected chi connectivity index (χ3v) is 7.63. The van der Waals surface area contributed by atoms with E-state index in [1.54, 1.807) is 23.6 Å². The molecule has 0 fully saturated rings. The van der Waals surface area contributed by atoms with E-state index in [1.807, 2.05) is 6.92 Å². The minimum Gasteiger partial charge on any atom is -0.324 e. The number of alkyl halides is 3. The number of aryl methyl sites for hydroxylation is 1. The molecule has 0 aliphatic rings. The van der Waals surface area contributed by atoms with E-state index in [2.05, 4.69) is 15.5 Å². The maximum Gasteiger partial charge on any atom is 0.416 e. The Morgan fingerprint density at radius 2 is 1.82 bits per heavy atom. The van der Waals surface area contributed by atoms with Gasteiger partial charge in [-0.25, -0.2) is 8.42 Å². The zero-order valence-electron chi connectivity index (χ0n) is 18.1. The molecule has 13 heteroatoms. The molecule has 0 saturated carbocycles. The molecule has 1 N–H and O–H groups in total. The van der Waals surface area contributed by atoms with Crippen LogP contribution in [0.25, 0.3) is 0 Å². The van der Waals surface area contributed by atoms with E-state index in [0.29, 0.717) is 11.7 Å². The molecule has 0 bridgehead atoms. The average Bonchev–Trinajstić information content (AvgIpc) is 3.14. The molecular weight excluding hydrogens is 513 g/mol. The van der Waals surface area contributed by atoms with Crippen LogP contribution in [-0.4, -0.2) is 34.8 Å². The Bertz CT molecular complexity index is 1290. The number of benzene rings is 2. The molecule has 3 rings (SSSR count). The number of carbonyl (C=O) groups is 1. The van der Waals surface area contributed by atoms with Crippen LogP contribution in [0.15, 0.2) is 52.5 Å². The van der Waals surface area contributed by atoms with Crippen LogP contribution in [0.4, 0.5) is 18.9 Å². The fourth-order valence-electron chi connectivity index (χ4n) is 2.96. The van der Waals surface area contributed by atoms with Crippen molar-refractivity contribution < 1.29 is 26.4 Å². The van der Waals surface area contributed by atoms with Gasteiger partial charge < -0.3 is 9.88 Å². The van der Waals surface area contributed by atoms with Gasteiger partial charge in [0.05, 0.1) is 26.9 Å². The molecule has 182 valence electrons. The van der Waals surface area contributed by atoms with Gasteiger partial charge in [-0.2, -0.15) is 13.2 Å². The van der Waals surface area contributed by atoms with Gasteiger partial charge in [0, 0.05) is 6.54 Å². The molecule has 2 aromatic carbocycles. The molecule has 34 heavy (non-hydrogen) atoms. The molecule has 0 aliphatic carbocycles. The van der Waals surface area contributed by atoms with Crippen molar-refractivity contribution in [2.75, 3.05) is 11.1 Å². The van der Waals surface area contributed by atoms with Crippen molar-refractivity contribution in [3.63, 3.8) is 0 Å². The zero-order valence-corrected chi connectivity index (χ0v) is 20.4. The van der Waals surface area contributed by atoms with E-state index >= 15 is 0 Å². The summed E-state index contributed by atoms with van der Waals surface area (Å²) in [5.41, 5.74) is -0.173. The maximum atomic E-state index is 12.9. The summed E-state index contributed by atoms with van der Waals surface area (Å²) in [6.45, 7) is 3.98. The summed E-state index contributed by atoms with van der Waals surface area (Å²) in [7, 11) is -3.66. The summed E-state index contributed by atoms with van der Waals surface area (Å²) in [6, 6.07) is 9.09. The zero-order chi connectivity index (χ0) is 25.1. The molecule has 0 unspecified atom stereocenters. The number of carbonyl (C=O) groups excluding carboxylic acids is 1. The highest BCUT2D eigenvalue weighted by Crippen LogP contribution is 2.34. The first-order chi connectivity index (χ1) is 15.9. The molecule has 0 atom stereocenters. The lowest BCUT2D eigenvalue weighted by atomic mass is 10.2. The van der Waals surface area contributed by atoms with E-state index in [-0.39, 0.29) is 32.9 Å². The molecule has 1 heterocycles. The maximum absolute atomic E-state index is 12.9. The number of anilines is 1. The van der Waals surface area contributed by atoms with Crippen LogP contribution in [0.1, 0.15) is 23.9 Å². The summed E-state index contributed by atoms with van der Waals surface area (Å²) >= 11 is 6.88. The monoisotopic (exact) mass is 532 g/mol. The highest BCUT2D eigenvalue weighted by Gasteiger charge is 2.31. The largest absolute Gasteiger partial charge is 0.416 e. The van der Waals surface area contributed by atoms with Gasteiger partial charge >= 0.3 is 6.18 Å². The highest BCUT2D eigenvalue weighted by atomic mass is 35.5. The number of sulfone groups is 1. The van der Waals surface area contributed by atoms with Crippen molar-refractivity contribution in [3.8, 4) is 0 Å². The fourth-order valence-corrected chi connectivity index (χ4v) is 5.22. The molecule has 1 aromatic heterocycles.